The molecule has 1 aliphatic heterocycles. The Balaban J connectivity index is 1.80. The Morgan fingerprint density at radius 2 is 2.53 bits per heavy atom. The molecule has 1 aromatic heterocycles. The van der Waals surface area contributed by atoms with Crippen molar-refractivity contribution in [2.24, 2.45) is 12.8 Å². The normalized spacial score (nSPS) is 23.9. The summed E-state index contributed by atoms with van der Waals surface area (Å²) in [5, 5.41) is 10.4. The van der Waals surface area contributed by atoms with Gasteiger partial charge >= 0.3 is 0 Å². The summed E-state index contributed by atoms with van der Waals surface area (Å²) in [6, 6.07) is 0. The molecule has 2 atom stereocenters. The molecule has 17 heavy (non-hydrogen) atoms. The average molecular weight is 239 g/mol. The molecular formula is C10H17N5O2. The van der Waals surface area contributed by atoms with Crippen LogP contribution in [-0.4, -0.2) is 39.4 Å². The quantitative estimate of drug-likeness (QED) is 0.698. The first-order valence-electron chi connectivity index (χ1n) is 5.67. The minimum atomic E-state index is -0.378. The Hall–Kier alpha value is -1.47. The van der Waals surface area contributed by atoms with Crippen LogP contribution in [0, 0.1) is 0 Å². The van der Waals surface area contributed by atoms with Crippen molar-refractivity contribution < 1.29 is 9.53 Å². The molecule has 2 heterocycles. The molecule has 7 nitrogen and oxygen atoms in total. The molecule has 2 unspecified atom stereocenters. The largest absolute Gasteiger partial charge is 0.364 e. The van der Waals surface area contributed by atoms with E-state index in [-0.39, 0.29) is 18.1 Å². The van der Waals surface area contributed by atoms with Crippen LogP contribution in [0.25, 0.3) is 0 Å². The number of rotatable bonds is 4. The lowest BCUT2D eigenvalue weighted by molar-refractivity contribution is -0.132. The number of aryl methyl sites for hydroxylation is 1. The third-order valence-electron chi connectivity index (χ3n) is 2.89. The minimum Gasteiger partial charge on any atom is -0.364 e. The van der Waals surface area contributed by atoms with Crippen LogP contribution in [0.15, 0.2) is 6.33 Å². The molecule has 0 radical (unpaired) electrons. The molecule has 1 fully saturated rings. The molecule has 94 valence electrons. The van der Waals surface area contributed by atoms with E-state index in [2.05, 4.69) is 15.5 Å². The Morgan fingerprint density at radius 3 is 3.12 bits per heavy atom. The Labute approximate surface area is 99.3 Å². The second kappa shape index (κ2) is 5.24. The maximum Gasteiger partial charge on any atom is 0.249 e. The number of carbonyl (C=O) groups is 1. The molecular weight excluding hydrogens is 222 g/mol. The maximum absolute atomic E-state index is 11.8. The standard InChI is InChI=1S/C10H17N5O2/c1-15-6-13-14-9(15)5-12-10(16)8-3-2-7(4-11)17-8/h6-8H,2-5,11H2,1H3,(H,12,16). The summed E-state index contributed by atoms with van der Waals surface area (Å²) in [6.45, 7) is 0.829. The second-order valence-corrected chi connectivity index (χ2v) is 4.14. The van der Waals surface area contributed by atoms with Crippen LogP contribution in [0.4, 0.5) is 0 Å². The van der Waals surface area contributed by atoms with E-state index in [4.69, 9.17) is 10.5 Å². The van der Waals surface area contributed by atoms with Crippen molar-refractivity contribution >= 4 is 5.91 Å². The van der Waals surface area contributed by atoms with Gasteiger partial charge in [-0.3, -0.25) is 4.79 Å². The average Bonchev–Trinajstić information content (AvgIpc) is 2.94. The molecule has 0 aliphatic carbocycles. The van der Waals surface area contributed by atoms with Crippen molar-refractivity contribution in [3.63, 3.8) is 0 Å². The Kier molecular flexibility index (Phi) is 3.70. The summed E-state index contributed by atoms with van der Waals surface area (Å²) in [5.74, 6) is 0.607. The van der Waals surface area contributed by atoms with E-state index >= 15 is 0 Å². The van der Waals surface area contributed by atoms with Gasteiger partial charge in [0.15, 0.2) is 5.82 Å². The van der Waals surface area contributed by atoms with Gasteiger partial charge in [0.1, 0.15) is 12.4 Å². The van der Waals surface area contributed by atoms with Crippen molar-refractivity contribution in [1.82, 2.24) is 20.1 Å². The molecule has 2 rings (SSSR count). The first kappa shape index (κ1) is 12.0. The Morgan fingerprint density at radius 1 is 1.71 bits per heavy atom. The number of hydrogen-bond donors (Lipinski definition) is 2. The predicted octanol–water partition coefficient (Wildman–Crippen LogP) is -1.06. The summed E-state index contributed by atoms with van der Waals surface area (Å²) in [5.41, 5.74) is 5.49. The van der Waals surface area contributed by atoms with Crippen LogP contribution in [0.1, 0.15) is 18.7 Å². The lowest BCUT2D eigenvalue weighted by atomic mass is 10.2. The fourth-order valence-electron chi connectivity index (χ4n) is 1.82. The second-order valence-electron chi connectivity index (χ2n) is 4.14. The summed E-state index contributed by atoms with van der Waals surface area (Å²) in [7, 11) is 1.83. The van der Waals surface area contributed by atoms with Gasteiger partial charge in [-0.2, -0.15) is 0 Å². The van der Waals surface area contributed by atoms with Crippen molar-refractivity contribution in [2.45, 2.75) is 31.6 Å². The topological polar surface area (TPSA) is 95.1 Å². The van der Waals surface area contributed by atoms with Gasteiger partial charge in [0.25, 0.3) is 0 Å². The van der Waals surface area contributed by atoms with Gasteiger partial charge in [-0.25, -0.2) is 0 Å². The zero-order valence-electron chi connectivity index (χ0n) is 9.80. The fraction of sp³-hybridized carbons (Fsp3) is 0.700. The molecule has 0 spiro atoms. The highest BCUT2D eigenvalue weighted by molar-refractivity contribution is 5.80. The van der Waals surface area contributed by atoms with Crippen LogP contribution < -0.4 is 11.1 Å². The van der Waals surface area contributed by atoms with Crippen molar-refractivity contribution in [3.8, 4) is 0 Å². The zero-order valence-corrected chi connectivity index (χ0v) is 9.80. The first-order chi connectivity index (χ1) is 8.20. The van der Waals surface area contributed by atoms with Gasteiger partial charge in [-0.1, -0.05) is 0 Å². The molecule has 1 aliphatic rings. The van der Waals surface area contributed by atoms with Gasteiger partial charge in [0.2, 0.25) is 5.91 Å². The highest BCUT2D eigenvalue weighted by Gasteiger charge is 2.29. The number of carbonyl (C=O) groups excluding carboxylic acids is 1. The number of nitrogens with two attached hydrogens (primary N) is 1. The molecule has 3 N–H and O–H groups in total. The van der Waals surface area contributed by atoms with Gasteiger partial charge in [0, 0.05) is 13.6 Å². The first-order valence-corrected chi connectivity index (χ1v) is 5.67. The van der Waals surface area contributed by atoms with Crippen molar-refractivity contribution in [3.05, 3.63) is 12.2 Å². The molecule has 0 aromatic carbocycles. The van der Waals surface area contributed by atoms with E-state index in [1.54, 1.807) is 10.9 Å². The minimum absolute atomic E-state index is 0.0144. The Bertz CT molecular complexity index is 392. The van der Waals surface area contributed by atoms with E-state index in [1.165, 1.54) is 0 Å². The highest BCUT2D eigenvalue weighted by Crippen LogP contribution is 2.18. The number of amides is 1. The van der Waals surface area contributed by atoms with E-state index in [0.717, 1.165) is 12.8 Å². The molecule has 0 bridgehead atoms. The number of aromatic nitrogens is 3. The highest BCUT2D eigenvalue weighted by atomic mass is 16.5. The molecule has 1 saturated heterocycles. The number of nitrogens with zero attached hydrogens (tertiary/aromatic N) is 3. The van der Waals surface area contributed by atoms with E-state index in [1.807, 2.05) is 7.05 Å². The summed E-state index contributed by atoms with van der Waals surface area (Å²) in [4.78, 5) is 11.8. The number of hydrogen-bond acceptors (Lipinski definition) is 5. The SMILES string of the molecule is Cn1cnnc1CNC(=O)C1CCC(CN)O1. The summed E-state index contributed by atoms with van der Waals surface area (Å²) >= 11 is 0. The molecule has 1 aromatic rings. The molecule has 7 heteroatoms. The van der Waals surface area contributed by atoms with Crippen LogP contribution in [0.5, 0.6) is 0 Å². The third kappa shape index (κ3) is 2.80. The van der Waals surface area contributed by atoms with E-state index in [9.17, 15) is 4.79 Å². The smallest absolute Gasteiger partial charge is 0.249 e. The van der Waals surface area contributed by atoms with Crippen LogP contribution >= 0.6 is 0 Å². The monoisotopic (exact) mass is 239 g/mol. The fourth-order valence-corrected chi connectivity index (χ4v) is 1.82. The lowest BCUT2D eigenvalue weighted by Gasteiger charge is -2.12. The van der Waals surface area contributed by atoms with Crippen LogP contribution in [0.2, 0.25) is 0 Å². The van der Waals surface area contributed by atoms with Crippen LogP contribution in [0.3, 0.4) is 0 Å². The zero-order chi connectivity index (χ0) is 12.3. The van der Waals surface area contributed by atoms with Gasteiger partial charge in [-0.15, -0.1) is 10.2 Å². The van der Waals surface area contributed by atoms with E-state index in [0.29, 0.717) is 18.9 Å². The third-order valence-corrected chi connectivity index (χ3v) is 2.89. The number of nitrogens with one attached hydrogen (secondary N) is 1. The summed E-state index contributed by atoms with van der Waals surface area (Å²) < 4.78 is 7.26. The van der Waals surface area contributed by atoms with Crippen molar-refractivity contribution in [2.75, 3.05) is 6.54 Å². The van der Waals surface area contributed by atoms with Gasteiger partial charge in [0.05, 0.1) is 12.6 Å². The van der Waals surface area contributed by atoms with E-state index < -0.39 is 0 Å². The van der Waals surface area contributed by atoms with Gasteiger partial charge < -0.3 is 20.4 Å². The lowest BCUT2D eigenvalue weighted by Crippen LogP contribution is -2.35. The molecule has 1 amide bonds. The van der Waals surface area contributed by atoms with Gasteiger partial charge in [-0.05, 0) is 12.8 Å². The summed E-state index contributed by atoms with van der Waals surface area (Å²) in [6.07, 6.45) is 2.81. The van der Waals surface area contributed by atoms with Crippen LogP contribution in [-0.2, 0) is 23.1 Å². The maximum atomic E-state index is 11.8. The number of ether oxygens (including phenoxy) is 1. The predicted molar refractivity (Wildman–Crippen MR) is 59.8 cm³/mol. The molecule has 0 saturated carbocycles. The van der Waals surface area contributed by atoms with Crippen molar-refractivity contribution in [1.29, 1.82) is 0 Å².